The highest BCUT2D eigenvalue weighted by molar-refractivity contribution is 9.10. The van der Waals surface area contributed by atoms with Crippen LogP contribution in [0.15, 0.2) is 40.9 Å². The standard InChI is InChI=1S/C13H9BrCl2N2O/c14-9-6-7(4-5-10(9)15)18-13(19)8-2-1-3-11(17)12(8)16/h1-6H,17H2,(H,18,19). The Hall–Kier alpha value is -1.23. The zero-order valence-corrected chi connectivity index (χ0v) is 12.7. The molecule has 0 atom stereocenters. The summed E-state index contributed by atoms with van der Waals surface area (Å²) in [6.45, 7) is 0. The molecule has 98 valence electrons. The number of rotatable bonds is 2. The van der Waals surface area contributed by atoms with E-state index in [1.807, 2.05) is 0 Å². The Kier molecular flexibility index (Phi) is 4.34. The largest absolute Gasteiger partial charge is 0.398 e. The maximum Gasteiger partial charge on any atom is 0.257 e. The molecule has 0 saturated heterocycles. The number of carbonyl (C=O) groups excluding carboxylic acids is 1. The van der Waals surface area contributed by atoms with Crippen molar-refractivity contribution in [3.05, 3.63) is 56.5 Å². The molecular weight excluding hydrogens is 351 g/mol. The van der Waals surface area contributed by atoms with Crippen LogP contribution in [0.1, 0.15) is 10.4 Å². The van der Waals surface area contributed by atoms with Crippen molar-refractivity contribution in [2.24, 2.45) is 0 Å². The fourth-order valence-electron chi connectivity index (χ4n) is 1.50. The number of amides is 1. The maximum absolute atomic E-state index is 12.1. The molecule has 0 unspecified atom stereocenters. The van der Waals surface area contributed by atoms with Crippen molar-refractivity contribution in [3.63, 3.8) is 0 Å². The van der Waals surface area contributed by atoms with E-state index < -0.39 is 0 Å². The number of nitrogens with two attached hydrogens (primary N) is 1. The second kappa shape index (κ2) is 5.82. The predicted molar refractivity (Wildman–Crippen MR) is 83.0 cm³/mol. The molecule has 0 bridgehead atoms. The molecule has 2 aromatic rings. The first kappa shape index (κ1) is 14.2. The number of benzene rings is 2. The van der Waals surface area contributed by atoms with Gasteiger partial charge in [0.25, 0.3) is 5.91 Å². The van der Waals surface area contributed by atoms with Gasteiger partial charge >= 0.3 is 0 Å². The zero-order valence-electron chi connectivity index (χ0n) is 9.58. The van der Waals surface area contributed by atoms with Crippen molar-refractivity contribution in [2.45, 2.75) is 0 Å². The van der Waals surface area contributed by atoms with Gasteiger partial charge in [0.15, 0.2) is 0 Å². The van der Waals surface area contributed by atoms with Crippen LogP contribution in [-0.4, -0.2) is 5.91 Å². The molecule has 3 N–H and O–H groups in total. The monoisotopic (exact) mass is 358 g/mol. The van der Waals surface area contributed by atoms with E-state index in [0.717, 1.165) is 0 Å². The Morgan fingerprint density at radius 2 is 1.95 bits per heavy atom. The molecule has 0 aliphatic carbocycles. The Morgan fingerprint density at radius 1 is 1.21 bits per heavy atom. The number of hydrogen-bond acceptors (Lipinski definition) is 2. The molecule has 0 heterocycles. The fraction of sp³-hybridized carbons (Fsp3) is 0. The number of nitrogen functional groups attached to an aromatic ring is 1. The van der Waals surface area contributed by atoms with E-state index in [0.29, 0.717) is 26.4 Å². The fourth-order valence-corrected chi connectivity index (χ4v) is 2.21. The molecule has 0 radical (unpaired) electrons. The molecule has 3 nitrogen and oxygen atoms in total. The van der Waals surface area contributed by atoms with Crippen LogP contribution in [0.4, 0.5) is 11.4 Å². The summed E-state index contributed by atoms with van der Waals surface area (Å²) in [6.07, 6.45) is 0. The number of anilines is 2. The number of halogens is 3. The van der Waals surface area contributed by atoms with Crippen LogP contribution in [0, 0.1) is 0 Å². The highest BCUT2D eigenvalue weighted by Gasteiger charge is 2.12. The van der Waals surface area contributed by atoms with Crippen molar-refractivity contribution >= 4 is 56.4 Å². The van der Waals surface area contributed by atoms with Gasteiger partial charge in [-0.05, 0) is 46.3 Å². The van der Waals surface area contributed by atoms with Gasteiger partial charge in [-0.2, -0.15) is 0 Å². The molecule has 19 heavy (non-hydrogen) atoms. The lowest BCUT2D eigenvalue weighted by Crippen LogP contribution is -2.13. The summed E-state index contributed by atoms with van der Waals surface area (Å²) in [7, 11) is 0. The van der Waals surface area contributed by atoms with Crippen LogP contribution in [-0.2, 0) is 0 Å². The van der Waals surface area contributed by atoms with Crippen LogP contribution in [0.3, 0.4) is 0 Å². The van der Waals surface area contributed by atoms with Gasteiger partial charge < -0.3 is 11.1 Å². The van der Waals surface area contributed by atoms with Crippen molar-refractivity contribution in [2.75, 3.05) is 11.1 Å². The van der Waals surface area contributed by atoms with Crippen LogP contribution >= 0.6 is 39.1 Å². The molecule has 1 amide bonds. The van der Waals surface area contributed by atoms with Gasteiger partial charge in [0, 0.05) is 10.2 Å². The summed E-state index contributed by atoms with van der Waals surface area (Å²) in [5, 5.41) is 3.54. The molecule has 2 rings (SSSR count). The summed E-state index contributed by atoms with van der Waals surface area (Å²) in [5.41, 5.74) is 6.96. The average Bonchev–Trinajstić information content (AvgIpc) is 2.37. The van der Waals surface area contributed by atoms with Gasteiger partial charge in [0.1, 0.15) is 0 Å². The Morgan fingerprint density at radius 3 is 2.63 bits per heavy atom. The average molecular weight is 360 g/mol. The summed E-state index contributed by atoms with van der Waals surface area (Å²) in [4.78, 5) is 12.1. The lowest BCUT2D eigenvalue weighted by molar-refractivity contribution is 0.102. The minimum atomic E-state index is -0.327. The molecule has 0 fully saturated rings. The quantitative estimate of drug-likeness (QED) is 0.770. The molecule has 6 heteroatoms. The topological polar surface area (TPSA) is 55.1 Å². The highest BCUT2D eigenvalue weighted by atomic mass is 79.9. The van der Waals surface area contributed by atoms with Crippen molar-refractivity contribution in [1.82, 2.24) is 0 Å². The minimum Gasteiger partial charge on any atom is -0.398 e. The van der Waals surface area contributed by atoms with E-state index in [1.165, 1.54) is 0 Å². The first-order chi connectivity index (χ1) is 8.99. The Bertz CT molecular complexity index is 647. The van der Waals surface area contributed by atoms with E-state index in [4.69, 9.17) is 28.9 Å². The third-order valence-corrected chi connectivity index (χ3v) is 4.09. The first-order valence-electron chi connectivity index (χ1n) is 5.29. The van der Waals surface area contributed by atoms with E-state index >= 15 is 0 Å². The van der Waals surface area contributed by atoms with Crippen molar-refractivity contribution in [1.29, 1.82) is 0 Å². The van der Waals surface area contributed by atoms with E-state index in [2.05, 4.69) is 21.2 Å². The summed E-state index contributed by atoms with van der Waals surface area (Å²) in [6, 6.07) is 10.0. The summed E-state index contributed by atoms with van der Waals surface area (Å²) in [5.74, 6) is -0.327. The Labute approximate surface area is 128 Å². The Balaban J connectivity index is 2.26. The highest BCUT2D eigenvalue weighted by Crippen LogP contribution is 2.27. The molecule has 0 aromatic heterocycles. The minimum absolute atomic E-state index is 0.244. The third-order valence-electron chi connectivity index (χ3n) is 2.45. The molecule has 0 spiro atoms. The van der Waals surface area contributed by atoms with E-state index in [-0.39, 0.29) is 10.9 Å². The van der Waals surface area contributed by atoms with E-state index in [1.54, 1.807) is 36.4 Å². The molecule has 0 aliphatic rings. The normalized spacial score (nSPS) is 10.3. The van der Waals surface area contributed by atoms with Gasteiger partial charge in [-0.25, -0.2) is 0 Å². The second-order valence-corrected chi connectivity index (χ2v) is 5.43. The second-order valence-electron chi connectivity index (χ2n) is 3.79. The lowest BCUT2D eigenvalue weighted by Gasteiger charge is -2.08. The smallest absolute Gasteiger partial charge is 0.257 e. The molecule has 2 aromatic carbocycles. The van der Waals surface area contributed by atoms with Gasteiger partial charge in [-0.3, -0.25) is 4.79 Å². The third kappa shape index (κ3) is 3.21. The van der Waals surface area contributed by atoms with Gasteiger partial charge in [-0.15, -0.1) is 0 Å². The predicted octanol–water partition coefficient (Wildman–Crippen LogP) is 4.59. The SMILES string of the molecule is Nc1cccc(C(=O)Nc2ccc(Cl)c(Br)c2)c1Cl. The molecular formula is C13H9BrCl2N2O. The van der Waals surface area contributed by atoms with Crippen molar-refractivity contribution < 1.29 is 4.79 Å². The van der Waals surface area contributed by atoms with E-state index in [9.17, 15) is 4.79 Å². The number of carbonyl (C=O) groups is 1. The van der Waals surface area contributed by atoms with Crippen LogP contribution < -0.4 is 11.1 Å². The summed E-state index contributed by atoms with van der Waals surface area (Å²) >= 11 is 15.2. The summed E-state index contributed by atoms with van der Waals surface area (Å²) < 4.78 is 0.700. The maximum atomic E-state index is 12.1. The first-order valence-corrected chi connectivity index (χ1v) is 6.84. The van der Waals surface area contributed by atoms with Crippen LogP contribution in [0.5, 0.6) is 0 Å². The van der Waals surface area contributed by atoms with Gasteiger partial charge in [0.05, 0.1) is 21.3 Å². The molecule has 0 aliphatic heterocycles. The van der Waals surface area contributed by atoms with Crippen molar-refractivity contribution in [3.8, 4) is 0 Å². The zero-order chi connectivity index (χ0) is 14.0. The van der Waals surface area contributed by atoms with Crippen LogP contribution in [0.2, 0.25) is 10.0 Å². The van der Waals surface area contributed by atoms with Crippen LogP contribution in [0.25, 0.3) is 0 Å². The number of hydrogen-bond donors (Lipinski definition) is 2. The number of nitrogens with one attached hydrogen (secondary N) is 1. The van der Waals surface area contributed by atoms with Gasteiger partial charge in [-0.1, -0.05) is 29.3 Å². The van der Waals surface area contributed by atoms with Gasteiger partial charge in [0.2, 0.25) is 0 Å². The molecule has 0 saturated carbocycles. The lowest BCUT2D eigenvalue weighted by atomic mass is 10.2.